The second kappa shape index (κ2) is 18.6. The molecule has 0 aliphatic heterocycles. The van der Waals surface area contributed by atoms with Gasteiger partial charge in [0.2, 0.25) is 12.4 Å². The molecule has 0 amide bonds. The van der Waals surface area contributed by atoms with Crippen LogP contribution in [0.25, 0.3) is 5.57 Å². The van der Waals surface area contributed by atoms with Gasteiger partial charge < -0.3 is 5.73 Å². The largest absolute Gasteiger partial charge is 0.368 e. The summed E-state index contributed by atoms with van der Waals surface area (Å²) in [5.41, 5.74) is 12.1. The summed E-state index contributed by atoms with van der Waals surface area (Å²) >= 11 is 0. The normalized spacial score (nSPS) is 13.4. The molecule has 5 nitrogen and oxygen atoms in total. The van der Waals surface area contributed by atoms with Crippen LogP contribution in [0.5, 0.6) is 0 Å². The van der Waals surface area contributed by atoms with Crippen LogP contribution in [0.1, 0.15) is 110 Å². The van der Waals surface area contributed by atoms with Gasteiger partial charge in [-0.2, -0.15) is 0 Å². The molecule has 0 radical (unpaired) electrons. The van der Waals surface area contributed by atoms with Gasteiger partial charge in [0.25, 0.3) is 0 Å². The fraction of sp³-hybridized carbons (Fsp3) is 0.586. The Labute approximate surface area is 217 Å². The number of hydrogen-bond acceptors (Lipinski definition) is 5. The molecule has 0 aromatic carbocycles. The zero-order valence-corrected chi connectivity index (χ0v) is 23.8. The van der Waals surface area contributed by atoms with Crippen LogP contribution in [0.2, 0.25) is 0 Å². The Balaban J connectivity index is 0.000000715. The Morgan fingerprint density at radius 1 is 1.08 bits per heavy atom. The fourth-order valence-electron chi connectivity index (χ4n) is 3.56. The standard InChI is InChI=1S/C17H21N5.C7H14.C3H6F2.C2H6/c1-6-13(14-9-19-17(18)22-11(14)4)16-8-7-15(12(5)21-16)20-10(2)3;1-7-5-3-2-4-6-7;1-2-3(4)5;1-2/h6-9H,1-5H3,(H2,18,19,22);7H,2-6H2,1H3;3H,2H2,1H3;1-2H3/b13-6+;;;. The molecule has 1 aliphatic rings. The summed E-state index contributed by atoms with van der Waals surface area (Å²) in [5.74, 6) is 1.32. The molecule has 0 atom stereocenters. The number of nitrogens with zero attached hydrogens (tertiary/aromatic N) is 4. The van der Waals surface area contributed by atoms with Crippen LogP contribution in [0.15, 0.2) is 29.4 Å². The number of halogens is 2. The highest BCUT2D eigenvalue weighted by atomic mass is 19.3. The number of allylic oxidation sites excluding steroid dienone is 1. The molecular formula is C29H47F2N5. The summed E-state index contributed by atoms with van der Waals surface area (Å²) in [5, 5.41) is 0. The number of aryl methyl sites for hydroxylation is 2. The van der Waals surface area contributed by atoms with Gasteiger partial charge in [0.05, 0.1) is 22.8 Å². The summed E-state index contributed by atoms with van der Waals surface area (Å²) in [4.78, 5) is 17.5. The van der Waals surface area contributed by atoms with Crippen molar-refractivity contribution in [3.8, 4) is 0 Å². The van der Waals surface area contributed by atoms with E-state index < -0.39 is 6.43 Å². The fourth-order valence-corrected chi connectivity index (χ4v) is 3.56. The lowest BCUT2D eigenvalue weighted by Gasteiger charge is -2.15. The van der Waals surface area contributed by atoms with Crippen molar-refractivity contribution in [3.63, 3.8) is 0 Å². The third kappa shape index (κ3) is 12.8. The number of nitrogen functional groups attached to an aromatic ring is 1. The van der Waals surface area contributed by atoms with Gasteiger partial charge in [0.1, 0.15) is 0 Å². The lowest BCUT2D eigenvalue weighted by Crippen LogP contribution is -2.02. The van der Waals surface area contributed by atoms with Gasteiger partial charge in [-0.3, -0.25) is 9.98 Å². The van der Waals surface area contributed by atoms with E-state index in [1.54, 1.807) is 6.20 Å². The first kappa shape index (κ1) is 33.3. The number of anilines is 1. The lowest BCUT2D eigenvalue weighted by molar-refractivity contribution is 0.144. The second-order valence-electron chi connectivity index (χ2n) is 8.83. The van der Waals surface area contributed by atoms with Crippen molar-refractivity contribution in [1.82, 2.24) is 15.0 Å². The molecule has 7 heteroatoms. The van der Waals surface area contributed by atoms with Crippen LogP contribution < -0.4 is 5.73 Å². The number of rotatable bonds is 4. The molecule has 2 aromatic rings. The van der Waals surface area contributed by atoms with Crippen molar-refractivity contribution < 1.29 is 8.78 Å². The minimum Gasteiger partial charge on any atom is -0.368 e. The van der Waals surface area contributed by atoms with Crippen LogP contribution >= 0.6 is 0 Å². The number of hydrogen-bond donors (Lipinski definition) is 1. The average Bonchev–Trinajstić information content (AvgIpc) is 2.85. The highest BCUT2D eigenvalue weighted by Crippen LogP contribution is 2.27. The zero-order valence-electron chi connectivity index (χ0n) is 23.8. The monoisotopic (exact) mass is 503 g/mol. The second-order valence-corrected chi connectivity index (χ2v) is 8.83. The first-order valence-corrected chi connectivity index (χ1v) is 13.1. The maximum atomic E-state index is 10.8. The third-order valence-electron chi connectivity index (χ3n) is 5.46. The van der Waals surface area contributed by atoms with E-state index in [-0.39, 0.29) is 12.4 Å². The van der Waals surface area contributed by atoms with Crippen molar-refractivity contribution in [2.24, 2.45) is 10.9 Å². The molecule has 2 N–H and O–H groups in total. The van der Waals surface area contributed by atoms with Crippen LogP contribution in [0.4, 0.5) is 20.4 Å². The summed E-state index contributed by atoms with van der Waals surface area (Å²) in [6, 6.07) is 3.96. The summed E-state index contributed by atoms with van der Waals surface area (Å²) in [6.07, 6.45) is 9.05. The van der Waals surface area contributed by atoms with Gasteiger partial charge in [0.15, 0.2) is 0 Å². The van der Waals surface area contributed by atoms with Crippen molar-refractivity contribution in [3.05, 3.63) is 47.1 Å². The van der Waals surface area contributed by atoms with E-state index in [2.05, 4.69) is 26.9 Å². The number of nitrogens with two attached hydrogens (primary N) is 1. The van der Waals surface area contributed by atoms with E-state index in [4.69, 9.17) is 5.73 Å². The maximum absolute atomic E-state index is 10.8. The Kier molecular flexibility index (Phi) is 17.2. The van der Waals surface area contributed by atoms with E-state index in [1.165, 1.54) is 39.0 Å². The Hall–Kier alpha value is -2.70. The zero-order chi connectivity index (χ0) is 27.7. The van der Waals surface area contributed by atoms with Gasteiger partial charge in [-0.15, -0.1) is 0 Å². The maximum Gasteiger partial charge on any atom is 0.238 e. The smallest absolute Gasteiger partial charge is 0.238 e. The van der Waals surface area contributed by atoms with E-state index >= 15 is 0 Å². The van der Waals surface area contributed by atoms with Gasteiger partial charge >= 0.3 is 0 Å². The van der Waals surface area contributed by atoms with Crippen molar-refractivity contribution in [2.75, 3.05) is 5.73 Å². The SMILES string of the molecule is C/C=C(/c1ccc(N=C(C)C)c(C)n1)c1cnc(N)nc1C.CC.CC1CCCCC1.CCC(F)F. The average molecular weight is 504 g/mol. The third-order valence-corrected chi connectivity index (χ3v) is 5.46. The van der Waals surface area contributed by atoms with E-state index in [1.807, 2.05) is 66.7 Å². The van der Waals surface area contributed by atoms with E-state index in [9.17, 15) is 8.78 Å². The van der Waals surface area contributed by atoms with Gasteiger partial charge in [0, 0.05) is 29.5 Å². The molecule has 3 rings (SSSR count). The summed E-state index contributed by atoms with van der Waals surface area (Å²) in [6.45, 7) is 17.6. The highest BCUT2D eigenvalue weighted by Gasteiger charge is 2.12. The molecule has 0 bridgehead atoms. The lowest BCUT2D eigenvalue weighted by atomic mass is 9.91. The molecular weight excluding hydrogens is 456 g/mol. The molecule has 0 spiro atoms. The number of alkyl halides is 2. The van der Waals surface area contributed by atoms with Crippen molar-refractivity contribution in [1.29, 1.82) is 0 Å². The Morgan fingerprint density at radius 3 is 2.06 bits per heavy atom. The Morgan fingerprint density at radius 2 is 1.67 bits per heavy atom. The predicted octanol–water partition coefficient (Wildman–Crippen LogP) is 8.91. The molecule has 0 unspecified atom stereocenters. The highest BCUT2D eigenvalue weighted by molar-refractivity contribution is 5.83. The summed E-state index contributed by atoms with van der Waals surface area (Å²) < 4.78 is 21.5. The molecule has 1 aliphatic carbocycles. The topological polar surface area (TPSA) is 77.0 Å². The number of aromatic nitrogens is 3. The van der Waals surface area contributed by atoms with Gasteiger partial charge in [-0.1, -0.05) is 65.9 Å². The molecule has 2 heterocycles. The van der Waals surface area contributed by atoms with Crippen molar-refractivity contribution in [2.45, 2.75) is 107 Å². The first-order chi connectivity index (χ1) is 17.1. The molecule has 1 saturated carbocycles. The van der Waals surface area contributed by atoms with Gasteiger partial charge in [-0.05, 0) is 52.7 Å². The molecule has 0 saturated heterocycles. The van der Waals surface area contributed by atoms with Gasteiger partial charge in [-0.25, -0.2) is 18.7 Å². The van der Waals surface area contributed by atoms with Crippen LogP contribution in [-0.4, -0.2) is 27.1 Å². The molecule has 2 aromatic heterocycles. The van der Waals surface area contributed by atoms with E-state index in [0.717, 1.165) is 45.5 Å². The minimum atomic E-state index is -2.12. The minimum absolute atomic E-state index is 0.0278. The Bertz CT molecular complexity index is 945. The molecule has 1 fully saturated rings. The van der Waals surface area contributed by atoms with Crippen molar-refractivity contribution >= 4 is 22.9 Å². The quantitative estimate of drug-likeness (QED) is 0.423. The summed E-state index contributed by atoms with van der Waals surface area (Å²) in [7, 11) is 0. The van der Waals surface area contributed by atoms with Crippen LogP contribution in [0.3, 0.4) is 0 Å². The first-order valence-electron chi connectivity index (χ1n) is 13.1. The molecule has 202 valence electrons. The van der Waals surface area contributed by atoms with Crippen LogP contribution in [-0.2, 0) is 0 Å². The van der Waals surface area contributed by atoms with Crippen LogP contribution in [0, 0.1) is 19.8 Å². The number of pyridine rings is 1. The number of aliphatic imine (C=N–C) groups is 1. The molecule has 36 heavy (non-hydrogen) atoms. The van der Waals surface area contributed by atoms with E-state index in [0.29, 0.717) is 0 Å². The predicted molar refractivity (Wildman–Crippen MR) is 151 cm³/mol.